The van der Waals surface area contributed by atoms with E-state index in [1.165, 1.54) is 13.2 Å². The van der Waals surface area contributed by atoms with Gasteiger partial charge in [-0.2, -0.15) is 18.3 Å². The molecule has 3 aromatic heterocycles. The van der Waals surface area contributed by atoms with Crippen molar-refractivity contribution in [3.63, 3.8) is 0 Å². The molecule has 3 aliphatic rings. The molecule has 0 aliphatic heterocycles. The van der Waals surface area contributed by atoms with Crippen LogP contribution in [0.1, 0.15) is 70.8 Å². The number of hydrogen-bond donors (Lipinski definition) is 3. The summed E-state index contributed by atoms with van der Waals surface area (Å²) in [6.45, 7) is 0.477. The minimum Gasteiger partial charge on any atom is -0.477 e. The number of nitrogens with zero attached hydrogens (tertiary/aromatic N) is 4. The van der Waals surface area contributed by atoms with Crippen LogP contribution < -0.4 is 11.1 Å². The number of ether oxygens (including phenoxy) is 1. The standard InChI is InChI=1S/C19H21FN4O5.C7H7F3N2.2ClH/c1-29-17(28)19-5-2-18(3-6-19,4-7-19)10-21-15(25)13-8-12(16(26)27)23-14-11(20)9-22-24(13)14;8-7(9,10)6-3-5(4-11)1-2-12-6;;/h8-9H,2-7,10H2,1H3,(H,21,25)(H,26,27);1-3H,4,11H2;2*1H. The van der Waals surface area contributed by atoms with Gasteiger partial charge >= 0.3 is 18.1 Å². The fourth-order valence-corrected chi connectivity index (χ4v) is 5.37. The summed E-state index contributed by atoms with van der Waals surface area (Å²) in [4.78, 5) is 43.1. The number of amides is 1. The van der Waals surface area contributed by atoms with Gasteiger partial charge in [0.05, 0.1) is 18.7 Å². The predicted molar refractivity (Wildman–Crippen MR) is 148 cm³/mol. The molecule has 1 amide bonds. The zero-order chi connectivity index (χ0) is 30.0. The van der Waals surface area contributed by atoms with E-state index in [0.717, 1.165) is 67.6 Å². The van der Waals surface area contributed by atoms with Crippen LogP contribution in [0.15, 0.2) is 30.6 Å². The molecule has 43 heavy (non-hydrogen) atoms. The number of aromatic nitrogens is 4. The number of fused-ring (bicyclic) bond motifs is 4. The summed E-state index contributed by atoms with van der Waals surface area (Å²) in [5.74, 6) is -2.87. The number of pyridine rings is 1. The largest absolute Gasteiger partial charge is 0.477 e. The van der Waals surface area contributed by atoms with Crippen molar-refractivity contribution >= 4 is 48.3 Å². The Bertz CT molecular complexity index is 1460. The van der Waals surface area contributed by atoms with E-state index in [-0.39, 0.29) is 54.1 Å². The molecule has 11 nitrogen and oxygen atoms in total. The second kappa shape index (κ2) is 13.8. The molecular formula is C26H30Cl2F4N6O5. The van der Waals surface area contributed by atoms with Gasteiger partial charge in [-0.05, 0) is 61.6 Å². The Kier molecular flexibility index (Phi) is 11.5. The number of carboxylic acids is 1. The molecular weight excluding hydrogens is 623 g/mol. The molecule has 3 saturated carbocycles. The predicted octanol–water partition coefficient (Wildman–Crippen LogP) is 4.21. The van der Waals surface area contributed by atoms with Crippen molar-refractivity contribution in [2.45, 2.75) is 51.2 Å². The lowest BCUT2D eigenvalue weighted by Gasteiger charge is -2.51. The lowest BCUT2D eigenvalue weighted by molar-refractivity contribution is -0.162. The first kappa shape index (κ1) is 35.6. The first-order chi connectivity index (χ1) is 19.3. The fourth-order valence-electron chi connectivity index (χ4n) is 5.37. The number of alkyl halides is 3. The Morgan fingerprint density at radius 3 is 2.28 bits per heavy atom. The van der Waals surface area contributed by atoms with Gasteiger partial charge in [-0.25, -0.2) is 18.7 Å². The smallest absolute Gasteiger partial charge is 0.433 e. The number of rotatable bonds is 6. The van der Waals surface area contributed by atoms with E-state index < -0.39 is 40.7 Å². The van der Waals surface area contributed by atoms with Gasteiger partial charge < -0.3 is 20.9 Å². The summed E-state index contributed by atoms with van der Waals surface area (Å²) < 4.78 is 55.8. The van der Waals surface area contributed by atoms with Gasteiger partial charge in [-0.15, -0.1) is 24.8 Å². The Labute approximate surface area is 255 Å². The topological polar surface area (TPSA) is 162 Å². The highest BCUT2D eigenvalue weighted by Crippen LogP contribution is 2.57. The van der Waals surface area contributed by atoms with E-state index in [1.807, 2.05) is 0 Å². The molecule has 3 fully saturated rings. The highest BCUT2D eigenvalue weighted by atomic mass is 35.5. The average molecular weight is 653 g/mol. The number of hydrogen-bond acceptors (Lipinski definition) is 8. The Balaban J connectivity index is 0.000000392. The number of aromatic carboxylic acids is 1. The number of carbonyl (C=O) groups excluding carboxylic acids is 2. The maximum Gasteiger partial charge on any atom is 0.433 e. The molecule has 0 spiro atoms. The Hall–Kier alpha value is -3.56. The van der Waals surface area contributed by atoms with Gasteiger partial charge in [0.15, 0.2) is 17.2 Å². The van der Waals surface area contributed by atoms with Crippen LogP contribution in [0.4, 0.5) is 17.6 Å². The van der Waals surface area contributed by atoms with Gasteiger partial charge in [0.2, 0.25) is 0 Å². The maximum absolute atomic E-state index is 13.9. The van der Waals surface area contributed by atoms with Crippen molar-refractivity contribution in [3.05, 3.63) is 59.1 Å². The summed E-state index contributed by atoms with van der Waals surface area (Å²) in [5.41, 5.74) is 3.35. The molecule has 2 bridgehead atoms. The summed E-state index contributed by atoms with van der Waals surface area (Å²) in [6.07, 6.45) is 2.17. The first-order valence-electron chi connectivity index (χ1n) is 12.7. The number of methoxy groups -OCH3 is 1. The molecule has 3 aromatic rings. The van der Waals surface area contributed by atoms with Crippen LogP contribution in [0.2, 0.25) is 0 Å². The van der Waals surface area contributed by atoms with Crippen LogP contribution >= 0.6 is 24.8 Å². The third-order valence-corrected chi connectivity index (χ3v) is 7.88. The van der Waals surface area contributed by atoms with E-state index in [0.29, 0.717) is 12.1 Å². The molecule has 0 aromatic carbocycles. The van der Waals surface area contributed by atoms with Crippen LogP contribution in [0.25, 0.3) is 5.65 Å². The molecule has 0 radical (unpaired) electrons. The average Bonchev–Trinajstić information content (AvgIpc) is 3.36. The molecule has 6 rings (SSSR count). The monoisotopic (exact) mass is 652 g/mol. The zero-order valence-electron chi connectivity index (χ0n) is 22.8. The van der Waals surface area contributed by atoms with Crippen LogP contribution in [0.3, 0.4) is 0 Å². The highest BCUT2D eigenvalue weighted by Gasteiger charge is 2.53. The zero-order valence-corrected chi connectivity index (χ0v) is 24.5. The molecule has 236 valence electrons. The second-order valence-electron chi connectivity index (χ2n) is 10.3. The Morgan fingerprint density at radius 2 is 1.74 bits per heavy atom. The summed E-state index contributed by atoms with van der Waals surface area (Å²) in [5, 5.41) is 15.8. The summed E-state index contributed by atoms with van der Waals surface area (Å²) in [6, 6.07) is 3.48. The number of halogens is 6. The summed E-state index contributed by atoms with van der Waals surface area (Å²) >= 11 is 0. The maximum atomic E-state index is 13.9. The van der Waals surface area contributed by atoms with E-state index in [4.69, 9.17) is 10.5 Å². The highest BCUT2D eigenvalue weighted by molar-refractivity contribution is 5.96. The van der Waals surface area contributed by atoms with Crippen molar-refractivity contribution in [2.75, 3.05) is 13.7 Å². The van der Waals surface area contributed by atoms with E-state index in [2.05, 4.69) is 20.4 Å². The van der Waals surface area contributed by atoms with Crippen LogP contribution in [-0.4, -0.2) is 56.2 Å². The quantitative estimate of drug-likeness (QED) is 0.261. The van der Waals surface area contributed by atoms with Crippen LogP contribution in [0.5, 0.6) is 0 Å². The number of esters is 1. The van der Waals surface area contributed by atoms with Crippen molar-refractivity contribution in [1.29, 1.82) is 0 Å². The van der Waals surface area contributed by atoms with Gasteiger partial charge in [0.1, 0.15) is 11.4 Å². The van der Waals surface area contributed by atoms with E-state index in [9.17, 15) is 37.1 Å². The normalized spacial score (nSPS) is 20.6. The van der Waals surface area contributed by atoms with E-state index in [1.54, 1.807) is 0 Å². The van der Waals surface area contributed by atoms with E-state index >= 15 is 0 Å². The number of carboxylic acid groups (broad SMARTS) is 1. The van der Waals surface area contributed by atoms with Gasteiger partial charge in [0.25, 0.3) is 5.91 Å². The third kappa shape index (κ3) is 7.51. The molecule has 4 N–H and O–H groups in total. The van der Waals surface area contributed by atoms with Crippen molar-refractivity contribution in [2.24, 2.45) is 16.6 Å². The van der Waals surface area contributed by atoms with Crippen LogP contribution in [-0.2, 0) is 22.3 Å². The minimum absolute atomic E-state index is 0. The third-order valence-electron chi connectivity index (χ3n) is 7.88. The number of nitrogens with one attached hydrogen (secondary N) is 1. The van der Waals surface area contributed by atoms with Crippen molar-refractivity contribution in [3.8, 4) is 0 Å². The molecule has 0 atom stereocenters. The number of nitrogens with two attached hydrogens (primary N) is 1. The number of carbonyl (C=O) groups is 3. The summed E-state index contributed by atoms with van der Waals surface area (Å²) in [7, 11) is 1.41. The van der Waals surface area contributed by atoms with Gasteiger partial charge in [-0.3, -0.25) is 14.6 Å². The molecule has 0 saturated heterocycles. The lowest BCUT2D eigenvalue weighted by atomic mass is 9.53. The van der Waals surface area contributed by atoms with Crippen LogP contribution in [0, 0.1) is 16.6 Å². The fraction of sp³-hybridized carbons (Fsp3) is 0.462. The molecule has 3 heterocycles. The minimum atomic E-state index is -4.38. The Morgan fingerprint density at radius 1 is 1.12 bits per heavy atom. The van der Waals surface area contributed by atoms with Gasteiger partial charge in [0, 0.05) is 25.4 Å². The van der Waals surface area contributed by atoms with Crippen molar-refractivity contribution in [1.82, 2.24) is 24.9 Å². The van der Waals surface area contributed by atoms with Crippen molar-refractivity contribution < 1.29 is 41.8 Å². The first-order valence-corrected chi connectivity index (χ1v) is 12.7. The second-order valence-corrected chi connectivity index (χ2v) is 10.3. The lowest BCUT2D eigenvalue weighted by Crippen LogP contribution is -2.50. The SMILES string of the molecule is COC(=O)C12CCC(CNC(=O)c3cc(C(=O)O)nc4c(F)cnn34)(CC1)CC2.Cl.Cl.NCc1ccnc(C(F)(F)F)c1. The van der Waals surface area contributed by atoms with Gasteiger partial charge in [-0.1, -0.05) is 0 Å². The molecule has 3 aliphatic carbocycles. The molecule has 0 unspecified atom stereocenters. The molecule has 17 heteroatoms.